The van der Waals surface area contributed by atoms with Crippen LogP contribution in [-0.2, 0) is 9.53 Å². The Kier molecular flexibility index (Phi) is 7.28. The average Bonchev–Trinajstić information content (AvgIpc) is 2.59. The van der Waals surface area contributed by atoms with Crippen LogP contribution in [0, 0.1) is 11.3 Å². The highest BCUT2D eigenvalue weighted by molar-refractivity contribution is 5.81. The largest absolute Gasteiger partial charge is 0.379 e. The van der Waals surface area contributed by atoms with E-state index in [9.17, 15) is 4.79 Å². The monoisotopic (exact) mass is 322 g/mol. The molecule has 0 aliphatic carbocycles. The highest BCUT2D eigenvalue weighted by Gasteiger charge is 2.32. The van der Waals surface area contributed by atoms with Crippen molar-refractivity contribution in [2.24, 2.45) is 0 Å². The summed E-state index contributed by atoms with van der Waals surface area (Å²) in [5, 5.41) is 8.69. The van der Waals surface area contributed by atoms with E-state index in [0.717, 1.165) is 45.8 Å². The summed E-state index contributed by atoms with van der Waals surface area (Å²) in [5.41, 5.74) is 0. The number of morpholine rings is 1. The average molecular weight is 322 g/mol. The Balaban J connectivity index is 1.93. The molecule has 2 fully saturated rings. The molecule has 2 rings (SSSR count). The van der Waals surface area contributed by atoms with Gasteiger partial charge in [-0.2, -0.15) is 5.26 Å². The van der Waals surface area contributed by atoms with E-state index in [1.54, 1.807) is 11.9 Å². The number of carbonyl (C=O) groups excluding carboxylic acids is 1. The third-order valence-corrected chi connectivity index (χ3v) is 5.04. The maximum Gasteiger partial charge on any atom is 0.239 e. The summed E-state index contributed by atoms with van der Waals surface area (Å²) in [5.74, 6) is 0.133. The van der Waals surface area contributed by atoms with Gasteiger partial charge < -0.3 is 9.64 Å². The lowest BCUT2D eigenvalue weighted by atomic mass is 9.99. The maximum absolute atomic E-state index is 12.6. The quantitative estimate of drug-likeness (QED) is 0.728. The molecule has 0 unspecified atom stereocenters. The van der Waals surface area contributed by atoms with Gasteiger partial charge in [0.2, 0.25) is 5.91 Å². The van der Waals surface area contributed by atoms with Crippen LogP contribution < -0.4 is 0 Å². The van der Waals surface area contributed by atoms with Crippen LogP contribution in [0.1, 0.15) is 32.6 Å². The maximum atomic E-state index is 12.6. The first-order valence-corrected chi connectivity index (χ1v) is 8.81. The molecule has 0 aromatic carbocycles. The van der Waals surface area contributed by atoms with Crippen LogP contribution in [0.3, 0.4) is 0 Å². The van der Waals surface area contributed by atoms with Gasteiger partial charge in [0, 0.05) is 39.3 Å². The van der Waals surface area contributed by atoms with Crippen LogP contribution in [0.25, 0.3) is 0 Å². The van der Waals surface area contributed by atoms with Gasteiger partial charge in [0.25, 0.3) is 0 Å². The molecular weight excluding hydrogens is 292 g/mol. The second-order valence-electron chi connectivity index (χ2n) is 6.64. The van der Waals surface area contributed by atoms with E-state index < -0.39 is 0 Å². The van der Waals surface area contributed by atoms with Crippen molar-refractivity contribution in [1.82, 2.24) is 14.7 Å². The van der Waals surface area contributed by atoms with Crippen LogP contribution >= 0.6 is 0 Å². The van der Waals surface area contributed by atoms with Gasteiger partial charge >= 0.3 is 0 Å². The van der Waals surface area contributed by atoms with Crippen molar-refractivity contribution < 1.29 is 9.53 Å². The Bertz CT molecular complexity index is 417. The first-order chi connectivity index (χ1) is 11.1. The number of ether oxygens (including phenoxy) is 1. The second-order valence-corrected chi connectivity index (χ2v) is 6.64. The van der Waals surface area contributed by atoms with Crippen molar-refractivity contribution >= 4 is 5.91 Å². The van der Waals surface area contributed by atoms with Gasteiger partial charge in [0.15, 0.2) is 0 Å². The number of piperidine rings is 1. The van der Waals surface area contributed by atoms with Crippen LogP contribution in [0.2, 0.25) is 0 Å². The molecule has 2 atom stereocenters. The molecule has 23 heavy (non-hydrogen) atoms. The van der Waals surface area contributed by atoms with E-state index in [1.165, 1.54) is 12.8 Å². The number of nitriles is 1. The van der Waals surface area contributed by atoms with Crippen molar-refractivity contribution in [2.75, 3.05) is 53.0 Å². The number of hydrogen-bond donors (Lipinski definition) is 0. The molecule has 0 aromatic heterocycles. The Morgan fingerprint density at radius 1 is 1.35 bits per heavy atom. The normalized spacial score (nSPS) is 24.8. The summed E-state index contributed by atoms with van der Waals surface area (Å²) < 4.78 is 5.43. The molecule has 0 bridgehead atoms. The molecular formula is C17H30N4O2. The second kappa shape index (κ2) is 9.21. The fourth-order valence-corrected chi connectivity index (χ4v) is 3.60. The number of rotatable bonds is 6. The fourth-order valence-electron chi connectivity index (χ4n) is 3.60. The molecule has 2 aliphatic rings. The Labute approximate surface area is 140 Å². The van der Waals surface area contributed by atoms with Crippen LogP contribution in [0.15, 0.2) is 0 Å². The molecule has 0 saturated carbocycles. The summed E-state index contributed by atoms with van der Waals surface area (Å²) in [6, 6.07) is 2.45. The highest BCUT2D eigenvalue weighted by atomic mass is 16.5. The van der Waals surface area contributed by atoms with E-state index in [0.29, 0.717) is 19.0 Å². The van der Waals surface area contributed by atoms with E-state index in [1.807, 2.05) is 6.92 Å². The molecule has 0 aromatic rings. The number of carbonyl (C=O) groups is 1. The van der Waals surface area contributed by atoms with E-state index in [-0.39, 0.29) is 11.9 Å². The van der Waals surface area contributed by atoms with Gasteiger partial charge in [-0.1, -0.05) is 6.42 Å². The van der Waals surface area contributed by atoms with Gasteiger partial charge in [-0.05, 0) is 26.3 Å². The molecule has 0 radical (unpaired) electrons. The predicted octanol–water partition coefficient (Wildman–Crippen LogP) is 0.934. The Morgan fingerprint density at radius 3 is 2.78 bits per heavy atom. The smallest absolute Gasteiger partial charge is 0.239 e. The minimum atomic E-state index is -0.106. The fraction of sp³-hybridized carbons (Fsp3) is 0.882. The summed E-state index contributed by atoms with van der Waals surface area (Å²) in [7, 11) is 1.80. The Morgan fingerprint density at radius 2 is 2.09 bits per heavy atom. The van der Waals surface area contributed by atoms with Gasteiger partial charge in [0.05, 0.1) is 31.7 Å². The molecule has 1 amide bonds. The lowest BCUT2D eigenvalue weighted by molar-refractivity contribution is -0.137. The third-order valence-electron chi connectivity index (χ3n) is 5.04. The Hall–Kier alpha value is -1.16. The zero-order chi connectivity index (χ0) is 16.7. The van der Waals surface area contributed by atoms with Gasteiger partial charge in [0.1, 0.15) is 0 Å². The van der Waals surface area contributed by atoms with E-state index >= 15 is 0 Å². The molecule has 6 heteroatoms. The molecule has 2 saturated heterocycles. The summed E-state index contributed by atoms with van der Waals surface area (Å²) in [6.07, 6.45) is 3.97. The van der Waals surface area contributed by atoms with E-state index in [4.69, 9.17) is 10.00 Å². The SMILES string of the molecule is C[C@@H](C(=O)N(C)CCC#N)N1CCCC[C@@H]1CN1CCOCC1. The molecule has 6 nitrogen and oxygen atoms in total. The first kappa shape index (κ1) is 18.2. The molecule has 0 N–H and O–H groups in total. The van der Waals surface area contributed by atoms with E-state index in [2.05, 4.69) is 15.9 Å². The summed E-state index contributed by atoms with van der Waals surface area (Å²) in [4.78, 5) is 19.2. The molecule has 130 valence electrons. The standard InChI is InChI=1S/C17H30N4O2/c1-15(17(22)19(2)8-5-7-18)21-9-4-3-6-16(21)14-20-10-12-23-13-11-20/h15-16H,3-6,8-14H2,1-2H3/t15-,16+/m0/s1. The minimum absolute atomic E-state index is 0.106. The van der Waals surface area contributed by atoms with Crippen LogP contribution in [-0.4, -0.2) is 85.7 Å². The summed E-state index contributed by atoms with van der Waals surface area (Å²) in [6.45, 7) is 8.18. The summed E-state index contributed by atoms with van der Waals surface area (Å²) >= 11 is 0. The lowest BCUT2D eigenvalue weighted by Crippen LogP contribution is -2.56. The zero-order valence-corrected chi connectivity index (χ0v) is 14.5. The minimum Gasteiger partial charge on any atom is -0.379 e. The van der Waals surface area contributed by atoms with Gasteiger partial charge in [-0.15, -0.1) is 0 Å². The highest BCUT2D eigenvalue weighted by Crippen LogP contribution is 2.22. The zero-order valence-electron chi connectivity index (χ0n) is 14.5. The van der Waals surface area contributed by atoms with Gasteiger partial charge in [-0.25, -0.2) is 0 Å². The number of likely N-dealkylation sites (tertiary alicyclic amines) is 1. The van der Waals surface area contributed by atoms with Crippen molar-refractivity contribution in [3.05, 3.63) is 0 Å². The predicted molar refractivity (Wildman–Crippen MR) is 88.9 cm³/mol. The number of likely N-dealkylation sites (N-methyl/N-ethyl adjacent to an activating group) is 1. The number of amides is 1. The van der Waals surface area contributed by atoms with Gasteiger partial charge in [-0.3, -0.25) is 14.6 Å². The number of nitrogens with zero attached hydrogens (tertiary/aromatic N) is 4. The topological polar surface area (TPSA) is 59.8 Å². The third kappa shape index (κ3) is 5.17. The molecule has 2 heterocycles. The van der Waals surface area contributed by atoms with Crippen LogP contribution in [0.5, 0.6) is 0 Å². The van der Waals surface area contributed by atoms with Crippen molar-refractivity contribution in [3.8, 4) is 6.07 Å². The number of hydrogen-bond acceptors (Lipinski definition) is 5. The molecule has 0 spiro atoms. The molecule has 2 aliphatic heterocycles. The van der Waals surface area contributed by atoms with Crippen LogP contribution in [0.4, 0.5) is 0 Å². The van der Waals surface area contributed by atoms with Crippen molar-refractivity contribution in [2.45, 2.75) is 44.7 Å². The van der Waals surface area contributed by atoms with Crippen molar-refractivity contribution in [3.63, 3.8) is 0 Å². The van der Waals surface area contributed by atoms with Crippen molar-refractivity contribution in [1.29, 1.82) is 5.26 Å². The lowest BCUT2D eigenvalue weighted by Gasteiger charge is -2.42. The first-order valence-electron chi connectivity index (χ1n) is 8.81.